The molecule has 0 N–H and O–H groups in total. The summed E-state index contributed by atoms with van der Waals surface area (Å²) in [5, 5.41) is 10.3. The molecule has 0 aliphatic carbocycles. The zero-order chi connectivity index (χ0) is 13.0. The number of nitrogens with zero attached hydrogens (tertiary/aromatic N) is 1. The van der Waals surface area contributed by atoms with Gasteiger partial charge in [-0.15, -0.1) is 0 Å². The van der Waals surface area contributed by atoms with Crippen molar-refractivity contribution in [2.24, 2.45) is 0 Å². The fourth-order valence-electron chi connectivity index (χ4n) is 1.11. The lowest BCUT2D eigenvalue weighted by atomic mass is 10.2. The van der Waals surface area contributed by atoms with E-state index in [4.69, 9.17) is 0 Å². The van der Waals surface area contributed by atoms with E-state index in [1.807, 2.05) is 0 Å². The van der Waals surface area contributed by atoms with Gasteiger partial charge in [-0.3, -0.25) is 10.1 Å². The molecule has 0 radical (unpaired) electrons. The molecule has 0 aliphatic heterocycles. The molecule has 0 heterocycles. The van der Waals surface area contributed by atoms with Gasteiger partial charge in [0.2, 0.25) is 5.82 Å². The lowest BCUT2D eigenvalue weighted by Crippen LogP contribution is -2.09. The van der Waals surface area contributed by atoms with Crippen molar-refractivity contribution in [1.29, 1.82) is 0 Å². The van der Waals surface area contributed by atoms with E-state index >= 15 is 0 Å². The number of hydrogen-bond acceptors (Lipinski definition) is 4. The fraction of sp³-hybridized carbons (Fsp3) is 0.300. The summed E-state index contributed by atoms with van der Waals surface area (Å²) in [7, 11) is 0. The zero-order valence-corrected chi connectivity index (χ0v) is 8.91. The van der Waals surface area contributed by atoms with Crippen molar-refractivity contribution in [3.63, 3.8) is 0 Å². The Morgan fingerprint density at radius 1 is 1.41 bits per heavy atom. The van der Waals surface area contributed by atoms with Crippen molar-refractivity contribution in [3.8, 4) is 0 Å². The molecule has 0 saturated heterocycles. The van der Waals surface area contributed by atoms with Crippen molar-refractivity contribution in [1.82, 2.24) is 0 Å². The number of ether oxygens (including phenoxy) is 1. The van der Waals surface area contributed by atoms with E-state index in [1.54, 1.807) is 6.92 Å². The van der Waals surface area contributed by atoms with E-state index in [-0.39, 0.29) is 6.61 Å². The predicted molar refractivity (Wildman–Crippen MR) is 53.6 cm³/mol. The Balaban J connectivity index is 3.07. The molecule has 5 nitrogen and oxygen atoms in total. The molecule has 1 aromatic carbocycles. The van der Waals surface area contributed by atoms with E-state index in [2.05, 4.69) is 4.74 Å². The Morgan fingerprint density at radius 3 is 2.59 bits per heavy atom. The number of hydrogen-bond donors (Lipinski definition) is 0. The van der Waals surface area contributed by atoms with E-state index in [1.165, 1.54) is 0 Å². The van der Waals surface area contributed by atoms with Gasteiger partial charge in [0.15, 0.2) is 0 Å². The summed E-state index contributed by atoms with van der Waals surface area (Å²) in [6.45, 7) is 1.80. The minimum atomic E-state index is -1.28. The van der Waals surface area contributed by atoms with Gasteiger partial charge in [0.1, 0.15) is 5.82 Å². The smallest absolute Gasteiger partial charge is 0.341 e. The summed E-state index contributed by atoms with van der Waals surface area (Å²) in [6, 6.07) is 0.823. The van der Waals surface area contributed by atoms with Crippen LogP contribution in [0.15, 0.2) is 12.1 Å². The van der Waals surface area contributed by atoms with Crippen molar-refractivity contribution >= 4 is 11.7 Å². The molecule has 0 aliphatic rings. The van der Waals surface area contributed by atoms with Crippen LogP contribution in [0.1, 0.15) is 23.7 Å². The number of carbonyl (C=O) groups excluding carboxylic acids is 1. The minimum Gasteiger partial charge on any atom is -0.462 e. The number of esters is 1. The number of halogens is 2. The highest BCUT2D eigenvalue weighted by Crippen LogP contribution is 2.21. The molecule has 7 heteroatoms. The highest BCUT2D eigenvalue weighted by atomic mass is 19.1. The maximum Gasteiger partial charge on any atom is 0.341 e. The first-order chi connectivity index (χ1) is 7.97. The van der Waals surface area contributed by atoms with Crippen molar-refractivity contribution in [2.45, 2.75) is 13.3 Å². The number of nitro benzene ring substituents is 1. The molecule has 0 amide bonds. The molecule has 1 rings (SSSR count). The molecular weight excluding hydrogens is 236 g/mol. The summed E-state index contributed by atoms with van der Waals surface area (Å²) in [6.07, 6.45) is 0.531. The van der Waals surface area contributed by atoms with Crippen molar-refractivity contribution in [3.05, 3.63) is 39.4 Å². The Labute approximate surface area is 95.2 Å². The van der Waals surface area contributed by atoms with Gasteiger partial charge < -0.3 is 4.74 Å². The SMILES string of the molecule is CCCOC(=O)c1cc(F)c([N+](=O)[O-])cc1F. The van der Waals surface area contributed by atoms with E-state index < -0.39 is 33.8 Å². The zero-order valence-electron chi connectivity index (χ0n) is 8.91. The van der Waals surface area contributed by atoms with Crippen LogP contribution >= 0.6 is 0 Å². The summed E-state index contributed by atoms with van der Waals surface area (Å²) >= 11 is 0. The number of nitro groups is 1. The lowest BCUT2D eigenvalue weighted by molar-refractivity contribution is -0.387. The molecule has 0 fully saturated rings. The quantitative estimate of drug-likeness (QED) is 0.464. The molecule has 0 aromatic heterocycles. The van der Waals surface area contributed by atoms with Gasteiger partial charge in [0.05, 0.1) is 23.2 Å². The highest BCUT2D eigenvalue weighted by Gasteiger charge is 2.22. The highest BCUT2D eigenvalue weighted by molar-refractivity contribution is 5.90. The van der Waals surface area contributed by atoms with Gasteiger partial charge in [0.25, 0.3) is 0 Å². The van der Waals surface area contributed by atoms with Crippen LogP contribution in [0.25, 0.3) is 0 Å². The normalized spacial score (nSPS) is 10.1. The largest absolute Gasteiger partial charge is 0.462 e. The van der Waals surface area contributed by atoms with Crippen LogP contribution < -0.4 is 0 Å². The molecular formula is C10H9F2NO4. The van der Waals surface area contributed by atoms with Crippen LogP contribution in [0, 0.1) is 21.7 Å². The Bertz CT molecular complexity index is 462. The maximum atomic E-state index is 13.3. The Kier molecular flexibility index (Phi) is 4.08. The fourth-order valence-corrected chi connectivity index (χ4v) is 1.11. The van der Waals surface area contributed by atoms with E-state index in [9.17, 15) is 23.7 Å². The first kappa shape index (κ1) is 13.0. The second-order valence-electron chi connectivity index (χ2n) is 3.18. The van der Waals surface area contributed by atoms with Crippen LogP contribution in [0.4, 0.5) is 14.5 Å². The Hall–Kier alpha value is -2.05. The molecule has 92 valence electrons. The Morgan fingerprint density at radius 2 is 2.06 bits per heavy atom. The van der Waals surface area contributed by atoms with Gasteiger partial charge in [-0.25, -0.2) is 9.18 Å². The molecule has 0 unspecified atom stereocenters. The first-order valence-corrected chi connectivity index (χ1v) is 4.78. The van der Waals surface area contributed by atoms with Crippen LogP contribution in [-0.4, -0.2) is 17.5 Å². The topological polar surface area (TPSA) is 69.4 Å². The minimum absolute atomic E-state index is 0.0663. The lowest BCUT2D eigenvalue weighted by Gasteiger charge is -2.04. The number of benzene rings is 1. The maximum absolute atomic E-state index is 13.3. The second kappa shape index (κ2) is 5.33. The number of carbonyl (C=O) groups is 1. The summed E-state index contributed by atoms with van der Waals surface area (Å²) in [4.78, 5) is 20.5. The van der Waals surface area contributed by atoms with Gasteiger partial charge in [-0.2, -0.15) is 4.39 Å². The molecule has 1 aromatic rings. The third kappa shape index (κ3) is 2.96. The van der Waals surface area contributed by atoms with Gasteiger partial charge in [-0.05, 0) is 12.5 Å². The average molecular weight is 245 g/mol. The van der Waals surface area contributed by atoms with Crippen LogP contribution in [0.2, 0.25) is 0 Å². The van der Waals surface area contributed by atoms with E-state index in [0.717, 1.165) is 0 Å². The second-order valence-corrected chi connectivity index (χ2v) is 3.18. The molecule has 0 atom stereocenters. The van der Waals surface area contributed by atoms with Gasteiger partial charge in [0, 0.05) is 0 Å². The average Bonchev–Trinajstić information content (AvgIpc) is 2.28. The predicted octanol–water partition coefficient (Wildman–Crippen LogP) is 2.44. The van der Waals surface area contributed by atoms with Gasteiger partial charge >= 0.3 is 11.7 Å². The monoisotopic (exact) mass is 245 g/mol. The van der Waals surface area contributed by atoms with Crippen LogP contribution in [-0.2, 0) is 4.74 Å². The molecule has 0 saturated carbocycles. The standard InChI is InChI=1S/C10H9F2NO4/c1-2-3-17-10(14)6-4-8(12)9(13(15)16)5-7(6)11/h4-5H,2-3H2,1H3. The first-order valence-electron chi connectivity index (χ1n) is 4.78. The molecule has 0 spiro atoms. The van der Waals surface area contributed by atoms with Crippen LogP contribution in [0.5, 0.6) is 0 Å². The summed E-state index contributed by atoms with van der Waals surface area (Å²) in [5.41, 5.74) is -1.67. The third-order valence-electron chi connectivity index (χ3n) is 1.89. The van der Waals surface area contributed by atoms with Crippen molar-refractivity contribution in [2.75, 3.05) is 6.61 Å². The van der Waals surface area contributed by atoms with E-state index in [0.29, 0.717) is 18.6 Å². The number of rotatable bonds is 4. The van der Waals surface area contributed by atoms with Crippen molar-refractivity contribution < 1.29 is 23.2 Å². The molecule has 0 bridgehead atoms. The summed E-state index contributed by atoms with van der Waals surface area (Å²) < 4.78 is 31.0. The summed E-state index contributed by atoms with van der Waals surface area (Å²) in [5.74, 6) is -3.50. The molecule has 17 heavy (non-hydrogen) atoms. The van der Waals surface area contributed by atoms with Gasteiger partial charge in [-0.1, -0.05) is 6.92 Å². The third-order valence-corrected chi connectivity index (χ3v) is 1.89. The van der Waals surface area contributed by atoms with Crippen LogP contribution in [0.3, 0.4) is 0 Å².